The number of hydrogen-bond acceptors (Lipinski definition) is 5. The molecular weight excluding hydrogens is 494 g/mol. The molecule has 0 N–H and O–H groups in total. The molecule has 0 saturated heterocycles. The lowest BCUT2D eigenvalue weighted by Gasteiger charge is -2.30. The minimum Gasteiger partial charge on any atom is -0.489 e. The Morgan fingerprint density at radius 1 is 1.08 bits per heavy atom. The fraction of sp³-hybridized carbons (Fsp3) is 0.300. The molecule has 0 radical (unpaired) electrons. The van der Waals surface area contributed by atoms with E-state index >= 15 is 0 Å². The summed E-state index contributed by atoms with van der Waals surface area (Å²) in [4.78, 5) is 31.7. The second-order valence-corrected chi connectivity index (χ2v) is 10.9. The molecule has 0 spiro atoms. The Morgan fingerprint density at radius 2 is 1.92 bits per heavy atom. The number of nitrogens with zero attached hydrogens (tertiary/aromatic N) is 5. The topological polar surface area (TPSA) is 83.0 Å². The predicted octanol–water partition coefficient (Wildman–Crippen LogP) is 4.85. The summed E-state index contributed by atoms with van der Waals surface area (Å²) in [5.41, 5.74) is 5.26. The van der Waals surface area contributed by atoms with Crippen molar-refractivity contribution < 1.29 is 14.3 Å². The number of aryl methyl sites for hydroxylation is 1. The van der Waals surface area contributed by atoms with Gasteiger partial charge in [-0.3, -0.25) is 9.36 Å². The summed E-state index contributed by atoms with van der Waals surface area (Å²) in [6.07, 6.45) is 7.80. The van der Waals surface area contributed by atoms with Crippen LogP contribution < -0.4 is 10.3 Å². The molecule has 1 aliphatic rings. The van der Waals surface area contributed by atoms with Gasteiger partial charge in [0.2, 0.25) is 0 Å². The fourth-order valence-electron chi connectivity index (χ4n) is 5.16. The number of aromatic nitrogens is 4. The summed E-state index contributed by atoms with van der Waals surface area (Å²) in [5.74, 6) is 0.514. The molecule has 4 aromatic heterocycles. The minimum absolute atomic E-state index is 0.174. The van der Waals surface area contributed by atoms with Gasteiger partial charge in [0, 0.05) is 61.1 Å². The van der Waals surface area contributed by atoms with Gasteiger partial charge in [0.25, 0.3) is 5.56 Å². The zero-order chi connectivity index (χ0) is 27.3. The van der Waals surface area contributed by atoms with Gasteiger partial charge < -0.3 is 23.3 Å². The van der Waals surface area contributed by atoms with Crippen molar-refractivity contribution in [1.82, 2.24) is 23.4 Å². The molecule has 1 amide bonds. The molecule has 0 aliphatic carbocycles. The van der Waals surface area contributed by atoms with Crippen LogP contribution in [0.3, 0.4) is 0 Å². The molecule has 0 atom stereocenters. The zero-order valence-electron chi connectivity index (χ0n) is 22.5. The number of fused-ring (bicyclic) bond motifs is 4. The molecule has 1 aliphatic heterocycles. The van der Waals surface area contributed by atoms with Crippen LogP contribution in [0.5, 0.6) is 5.75 Å². The van der Waals surface area contributed by atoms with Gasteiger partial charge in [0.15, 0.2) is 0 Å². The third kappa shape index (κ3) is 4.76. The van der Waals surface area contributed by atoms with E-state index < -0.39 is 5.60 Å². The summed E-state index contributed by atoms with van der Waals surface area (Å²) in [7, 11) is 2.00. The maximum atomic E-state index is 13.0. The van der Waals surface area contributed by atoms with Crippen molar-refractivity contribution in [3.8, 4) is 11.4 Å². The Hall–Kier alpha value is -4.53. The van der Waals surface area contributed by atoms with E-state index in [0.717, 1.165) is 39.9 Å². The first-order valence-corrected chi connectivity index (χ1v) is 13.0. The second kappa shape index (κ2) is 9.34. The quantitative estimate of drug-likeness (QED) is 0.335. The molecule has 0 saturated carbocycles. The highest BCUT2D eigenvalue weighted by Gasteiger charge is 2.29. The van der Waals surface area contributed by atoms with E-state index in [1.165, 1.54) is 11.6 Å². The van der Waals surface area contributed by atoms with Crippen LogP contribution in [0.4, 0.5) is 4.79 Å². The summed E-state index contributed by atoms with van der Waals surface area (Å²) in [5, 5.41) is 1.14. The van der Waals surface area contributed by atoms with Crippen LogP contribution in [0.2, 0.25) is 0 Å². The number of pyridine rings is 2. The first-order chi connectivity index (χ1) is 18.7. The average molecular weight is 526 g/mol. The van der Waals surface area contributed by atoms with Crippen LogP contribution in [-0.4, -0.2) is 41.7 Å². The van der Waals surface area contributed by atoms with Crippen LogP contribution in [0.25, 0.3) is 22.2 Å². The van der Waals surface area contributed by atoms with Gasteiger partial charge in [0.1, 0.15) is 23.6 Å². The maximum Gasteiger partial charge on any atom is 0.410 e. The van der Waals surface area contributed by atoms with E-state index in [0.29, 0.717) is 25.4 Å². The molecule has 200 valence electrons. The van der Waals surface area contributed by atoms with Gasteiger partial charge in [0.05, 0.1) is 17.7 Å². The van der Waals surface area contributed by atoms with E-state index in [1.807, 2.05) is 68.9 Å². The van der Waals surface area contributed by atoms with E-state index in [9.17, 15) is 9.59 Å². The molecule has 39 heavy (non-hydrogen) atoms. The summed E-state index contributed by atoms with van der Waals surface area (Å²) in [6.45, 7) is 7.08. The van der Waals surface area contributed by atoms with Crippen molar-refractivity contribution in [2.24, 2.45) is 7.05 Å². The van der Waals surface area contributed by atoms with E-state index in [2.05, 4.69) is 15.6 Å². The molecule has 0 fully saturated rings. The van der Waals surface area contributed by atoms with Crippen molar-refractivity contribution in [2.45, 2.75) is 45.9 Å². The molecule has 9 heteroatoms. The van der Waals surface area contributed by atoms with E-state index in [1.54, 1.807) is 27.9 Å². The largest absolute Gasteiger partial charge is 0.489 e. The summed E-state index contributed by atoms with van der Waals surface area (Å²) in [6, 6.07) is 13.3. The number of ether oxygens (including phenoxy) is 2. The summed E-state index contributed by atoms with van der Waals surface area (Å²) < 4.78 is 17.2. The molecule has 1 aromatic carbocycles. The minimum atomic E-state index is -0.534. The van der Waals surface area contributed by atoms with Gasteiger partial charge in [-0.15, -0.1) is 0 Å². The van der Waals surface area contributed by atoms with E-state index in [-0.39, 0.29) is 11.7 Å². The second-order valence-electron chi connectivity index (χ2n) is 10.9. The Bertz CT molecular complexity index is 1770. The number of hydrogen-bond donors (Lipinski definition) is 0. The highest BCUT2D eigenvalue weighted by molar-refractivity contribution is 5.88. The summed E-state index contributed by atoms with van der Waals surface area (Å²) >= 11 is 0. The van der Waals surface area contributed by atoms with Crippen LogP contribution in [0.1, 0.15) is 37.6 Å². The molecular formula is C30H31N5O4. The van der Waals surface area contributed by atoms with Crippen molar-refractivity contribution in [2.75, 3.05) is 6.54 Å². The van der Waals surface area contributed by atoms with Crippen LogP contribution in [-0.2, 0) is 31.4 Å². The lowest BCUT2D eigenvalue weighted by molar-refractivity contribution is 0.0220. The van der Waals surface area contributed by atoms with Crippen molar-refractivity contribution in [3.05, 3.63) is 94.4 Å². The van der Waals surface area contributed by atoms with Gasteiger partial charge in [-0.05, 0) is 57.0 Å². The van der Waals surface area contributed by atoms with E-state index in [4.69, 9.17) is 9.47 Å². The van der Waals surface area contributed by atoms with Crippen LogP contribution in [0.15, 0.2) is 72.0 Å². The molecule has 6 rings (SSSR count). The van der Waals surface area contributed by atoms with Gasteiger partial charge >= 0.3 is 6.09 Å². The smallest absolute Gasteiger partial charge is 0.410 e. The third-order valence-corrected chi connectivity index (χ3v) is 7.07. The van der Waals surface area contributed by atoms with Crippen molar-refractivity contribution >= 4 is 22.6 Å². The lowest BCUT2D eigenvalue weighted by atomic mass is 10.0. The average Bonchev–Trinajstić information content (AvgIpc) is 3.48. The highest BCUT2D eigenvalue weighted by Crippen LogP contribution is 2.32. The SMILES string of the molecule is Cn1c2c(c3ccc(-n4ccc(OCc5ccc6nccn6c5)cc4=O)cc31)CCN(C(=O)OC(C)(C)C)C2. The van der Waals surface area contributed by atoms with Crippen LogP contribution in [0, 0.1) is 0 Å². The maximum absolute atomic E-state index is 13.0. The number of carbonyl (C=O) groups is 1. The number of imidazole rings is 1. The molecule has 5 heterocycles. The monoisotopic (exact) mass is 525 g/mol. The first kappa shape index (κ1) is 24.8. The number of carbonyl (C=O) groups excluding carboxylic acids is 1. The van der Waals surface area contributed by atoms with Gasteiger partial charge in [-0.1, -0.05) is 12.1 Å². The molecule has 5 aromatic rings. The standard InChI is InChI=1S/C30H31N5O4/c1-30(2,3)39-29(37)34-12-10-24-23-7-6-21(15-25(23)32(4)26(24)18-34)35-13-9-22(16-28(35)36)38-19-20-5-8-27-31-11-14-33(27)17-20/h5-9,11,13-17H,10,12,18-19H2,1-4H3. The Morgan fingerprint density at radius 3 is 2.72 bits per heavy atom. The Kier molecular flexibility index (Phi) is 5.94. The fourth-order valence-corrected chi connectivity index (χ4v) is 5.16. The number of amides is 1. The molecule has 0 bridgehead atoms. The van der Waals surface area contributed by atoms with Crippen molar-refractivity contribution in [1.29, 1.82) is 0 Å². The number of benzene rings is 1. The first-order valence-electron chi connectivity index (χ1n) is 13.0. The van der Waals surface area contributed by atoms with Crippen LogP contribution >= 0.6 is 0 Å². The molecule has 9 nitrogen and oxygen atoms in total. The van der Waals surface area contributed by atoms with Gasteiger partial charge in [-0.2, -0.15) is 0 Å². The van der Waals surface area contributed by atoms with Crippen molar-refractivity contribution in [3.63, 3.8) is 0 Å². The number of rotatable bonds is 4. The predicted molar refractivity (Wildman–Crippen MR) is 148 cm³/mol. The Labute approximate surface area is 225 Å². The molecule has 0 unspecified atom stereocenters. The zero-order valence-corrected chi connectivity index (χ0v) is 22.5. The third-order valence-electron chi connectivity index (χ3n) is 7.07. The van der Waals surface area contributed by atoms with Gasteiger partial charge in [-0.25, -0.2) is 9.78 Å². The lowest BCUT2D eigenvalue weighted by Crippen LogP contribution is -2.40. The highest BCUT2D eigenvalue weighted by atomic mass is 16.6. The normalized spacial score (nSPS) is 13.6. The Balaban J connectivity index is 1.22.